The summed E-state index contributed by atoms with van der Waals surface area (Å²) in [5, 5.41) is 2.92. The summed E-state index contributed by atoms with van der Waals surface area (Å²) in [7, 11) is 1.66. The zero-order valence-electron chi connectivity index (χ0n) is 15.7. The minimum absolute atomic E-state index is 0.0190. The van der Waals surface area contributed by atoms with Gasteiger partial charge in [0.05, 0.1) is 23.9 Å². The molecule has 1 saturated heterocycles. The summed E-state index contributed by atoms with van der Waals surface area (Å²) in [6, 6.07) is 7.08. The number of amides is 4. The first-order valence-corrected chi connectivity index (χ1v) is 9.36. The van der Waals surface area contributed by atoms with Crippen LogP contribution < -0.4 is 5.32 Å². The van der Waals surface area contributed by atoms with Crippen molar-refractivity contribution < 1.29 is 14.4 Å². The number of hydrogen-bond donors (Lipinski definition) is 1. The largest absolute Gasteiger partial charge is 0.341 e. The number of rotatable bonds is 3. The minimum atomic E-state index is -0.483. The van der Waals surface area contributed by atoms with E-state index >= 15 is 0 Å². The third kappa shape index (κ3) is 3.07. The van der Waals surface area contributed by atoms with E-state index < -0.39 is 6.04 Å². The maximum absolute atomic E-state index is 13.1. The van der Waals surface area contributed by atoms with Crippen molar-refractivity contribution in [1.82, 2.24) is 20.0 Å². The molecule has 1 atom stereocenters. The Morgan fingerprint density at radius 1 is 1.15 bits per heavy atom. The van der Waals surface area contributed by atoms with Gasteiger partial charge in [0.25, 0.3) is 5.91 Å². The SMILES string of the molecule is Cc1ccc(C2NC(=O)N(C)C3=C2C(=O)N(CC(=O)N2CCCC2)C3)cc1. The molecule has 0 radical (unpaired) electrons. The number of urea groups is 1. The molecule has 3 heterocycles. The van der Waals surface area contributed by atoms with Crippen molar-refractivity contribution in [2.75, 3.05) is 33.2 Å². The molecular weight excluding hydrogens is 344 g/mol. The molecule has 3 aliphatic rings. The molecule has 7 nitrogen and oxygen atoms in total. The summed E-state index contributed by atoms with van der Waals surface area (Å²) < 4.78 is 0. The summed E-state index contributed by atoms with van der Waals surface area (Å²) in [5.41, 5.74) is 3.23. The Bertz CT molecular complexity index is 824. The maximum Gasteiger partial charge on any atom is 0.322 e. The van der Waals surface area contributed by atoms with Crippen LogP contribution in [0.5, 0.6) is 0 Å². The van der Waals surface area contributed by atoms with Crippen molar-refractivity contribution in [3.05, 3.63) is 46.7 Å². The lowest BCUT2D eigenvalue weighted by Gasteiger charge is -2.31. The van der Waals surface area contributed by atoms with Crippen LogP contribution in [0.4, 0.5) is 4.79 Å². The van der Waals surface area contributed by atoms with Gasteiger partial charge in [-0.05, 0) is 25.3 Å². The Hall–Kier alpha value is -2.83. The molecule has 0 aromatic heterocycles. The highest BCUT2D eigenvalue weighted by Crippen LogP contribution is 2.35. The fraction of sp³-hybridized carbons (Fsp3) is 0.450. The monoisotopic (exact) mass is 368 g/mol. The highest BCUT2D eigenvalue weighted by Gasteiger charge is 2.43. The van der Waals surface area contributed by atoms with E-state index in [1.807, 2.05) is 36.1 Å². The van der Waals surface area contributed by atoms with Crippen LogP contribution in [-0.2, 0) is 9.59 Å². The number of carbonyl (C=O) groups is 3. The second kappa shape index (κ2) is 6.72. The molecule has 7 heteroatoms. The van der Waals surface area contributed by atoms with Crippen molar-refractivity contribution in [3.8, 4) is 0 Å². The fourth-order valence-corrected chi connectivity index (χ4v) is 3.99. The smallest absolute Gasteiger partial charge is 0.322 e. The van der Waals surface area contributed by atoms with E-state index in [4.69, 9.17) is 0 Å². The van der Waals surface area contributed by atoms with E-state index in [0.29, 0.717) is 17.8 Å². The van der Waals surface area contributed by atoms with Gasteiger partial charge in [-0.25, -0.2) is 4.79 Å². The molecule has 0 spiro atoms. The summed E-state index contributed by atoms with van der Waals surface area (Å²) in [6.45, 7) is 3.88. The summed E-state index contributed by atoms with van der Waals surface area (Å²) in [5.74, 6) is -0.190. The van der Waals surface area contributed by atoms with Crippen LogP contribution in [0.15, 0.2) is 35.5 Å². The molecule has 0 saturated carbocycles. The van der Waals surface area contributed by atoms with E-state index in [-0.39, 0.29) is 24.4 Å². The van der Waals surface area contributed by atoms with Gasteiger partial charge in [0.2, 0.25) is 5.91 Å². The highest BCUT2D eigenvalue weighted by atomic mass is 16.2. The van der Waals surface area contributed by atoms with Crippen LogP contribution in [0, 0.1) is 6.92 Å². The summed E-state index contributed by atoms with van der Waals surface area (Å²) in [4.78, 5) is 42.9. The molecule has 27 heavy (non-hydrogen) atoms. The van der Waals surface area contributed by atoms with Crippen LogP contribution in [0.25, 0.3) is 0 Å². The van der Waals surface area contributed by atoms with Crippen LogP contribution in [0.3, 0.4) is 0 Å². The fourth-order valence-electron chi connectivity index (χ4n) is 3.99. The molecular formula is C20H24N4O3. The highest BCUT2D eigenvalue weighted by molar-refractivity contribution is 6.02. The molecule has 4 amide bonds. The number of nitrogens with zero attached hydrogens (tertiary/aromatic N) is 3. The molecule has 1 N–H and O–H groups in total. The number of carbonyl (C=O) groups excluding carboxylic acids is 3. The van der Waals surface area contributed by atoms with E-state index in [1.165, 1.54) is 4.90 Å². The van der Waals surface area contributed by atoms with Crippen molar-refractivity contribution in [2.45, 2.75) is 25.8 Å². The van der Waals surface area contributed by atoms with Crippen LogP contribution >= 0.6 is 0 Å². The zero-order chi connectivity index (χ0) is 19.1. The third-order valence-electron chi connectivity index (χ3n) is 5.63. The molecule has 1 fully saturated rings. The Morgan fingerprint density at radius 2 is 1.81 bits per heavy atom. The van der Waals surface area contributed by atoms with Gasteiger partial charge in [0, 0.05) is 20.1 Å². The number of likely N-dealkylation sites (tertiary alicyclic amines) is 1. The summed E-state index contributed by atoms with van der Waals surface area (Å²) >= 11 is 0. The van der Waals surface area contributed by atoms with E-state index in [9.17, 15) is 14.4 Å². The molecule has 0 bridgehead atoms. The lowest BCUT2D eigenvalue weighted by Crippen LogP contribution is -2.45. The quantitative estimate of drug-likeness (QED) is 0.877. The van der Waals surface area contributed by atoms with Gasteiger partial charge in [-0.2, -0.15) is 0 Å². The predicted octanol–water partition coefficient (Wildman–Crippen LogP) is 1.41. The van der Waals surface area contributed by atoms with E-state index in [0.717, 1.165) is 37.1 Å². The average Bonchev–Trinajstić information content (AvgIpc) is 3.29. The van der Waals surface area contributed by atoms with Gasteiger partial charge in [-0.1, -0.05) is 29.8 Å². The van der Waals surface area contributed by atoms with Crippen LogP contribution in [-0.4, -0.2) is 65.8 Å². The molecule has 3 aliphatic heterocycles. The van der Waals surface area contributed by atoms with Gasteiger partial charge in [-0.3, -0.25) is 14.5 Å². The molecule has 1 aromatic rings. The van der Waals surface area contributed by atoms with Gasteiger partial charge < -0.3 is 15.1 Å². The Balaban J connectivity index is 1.60. The normalized spacial score (nSPS) is 22.4. The molecule has 4 rings (SSSR count). The zero-order valence-corrected chi connectivity index (χ0v) is 15.7. The predicted molar refractivity (Wildman–Crippen MR) is 99.6 cm³/mol. The minimum Gasteiger partial charge on any atom is -0.341 e. The van der Waals surface area contributed by atoms with Crippen LogP contribution in [0.2, 0.25) is 0 Å². The van der Waals surface area contributed by atoms with E-state index in [1.54, 1.807) is 11.9 Å². The second-order valence-corrected chi connectivity index (χ2v) is 7.46. The van der Waals surface area contributed by atoms with Gasteiger partial charge in [-0.15, -0.1) is 0 Å². The number of likely N-dealkylation sites (N-methyl/N-ethyl adjacent to an activating group) is 1. The molecule has 1 unspecified atom stereocenters. The van der Waals surface area contributed by atoms with Crippen molar-refractivity contribution in [2.24, 2.45) is 0 Å². The number of hydrogen-bond acceptors (Lipinski definition) is 3. The van der Waals surface area contributed by atoms with Crippen LogP contribution in [0.1, 0.15) is 30.0 Å². The summed E-state index contributed by atoms with van der Waals surface area (Å²) in [6.07, 6.45) is 2.04. The second-order valence-electron chi connectivity index (χ2n) is 7.46. The first-order chi connectivity index (χ1) is 13.0. The molecule has 0 aliphatic carbocycles. The molecule has 1 aromatic carbocycles. The Kier molecular flexibility index (Phi) is 4.37. The lowest BCUT2D eigenvalue weighted by atomic mass is 9.95. The number of aryl methyl sites for hydroxylation is 1. The third-order valence-corrected chi connectivity index (χ3v) is 5.63. The topological polar surface area (TPSA) is 73.0 Å². The van der Waals surface area contributed by atoms with Gasteiger partial charge in [0.1, 0.15) is 6.54 Å². The average molecular weight is 368 g/mol. The van der Waals surface area contributed by atoms with E-state index in [2.05, 4.69) is 5.32 Å². The molecule has 142 valence electrons. The first kappa shape index (κ1) is 17.6. The maximum atomic E-state index is 13.1. The van der Waals surface area contributed by atoms with Gasteiger partial charge >= 0.3 is 6.03 Å². The Labute approximate surface area is 158 Å². The first-order valence-electron chi connectivity index (χ1n) is 9.36. The number of nitrogens with one attached hydrogen (secondary N) is 1. The van der Waals surface area contributed by atoms with Crippen molar-refractivity contribution >= 4 is 17.8 Å². The standard InChI is InChI=1S/C20H24N4O3/c1-13-5-7-14(8-6-13)18-17-15(22(2)20(27)21-18)11-24(19(17)26)12-16(25)23-9-3-4-10-23/h5-8,18H,3-4,9-12H2,1-2H3,(H,21,27). The Morgan fingerprint density at radius 3 is 2.48 bits per heavy atom. The van der Waals surface area contributed by atoms with Gasteiger partial charge in [0.15, 0.2) is 0 Å². The van der Waals surface area contributed by atoms with Crippen molar-refractivity contribution in [3.63, 3.8) is 0 Å². The lowest BCUT2D eigenvalue weighted by molar-refractivity contribution is -0.137. The van der Waals surface area contributed by atoms with Crippen molar-refractivity contribution in [1.29, 1.82) is 0 Å². The number of benzene rings is 1.